The standard InChI is InChI=1S/C18H23N3O5S/c1-10(22)9-21-16(24)13-7-6-12(17(25)26-5)8-14(13)19-18(21)27-11(2)15(23)20(3)4/h6-8,10-11,22H,9H2,1-5H3/t10-,11-/m1/s1. The lowest BCUT2D eigenvalue weighted by Gasteiger charge is -2.19. The molecule has 0 bridgehead atoms. The van der Waals surface area contributed by atoms with Gasteiger partial charge in [-0.3, -0.25) is 14.2 Å². The number of esters is 1. The molecule has 9 heteroatoms. The number of aliphatic hydroxyl groups excluding tert-OH is 1. The number of fused-ring (bicyclic) bond motifs is 1. The summed E-state index contributed by atoms with van der Waals surface area (Å²) >= 11 is 1.13. The normalized spacial score (nSPS) is 13.3. The van der Waals surface area contributed by atoms with Crippen molar-refractivity contribution >= 4 is 34.5 Å². The maximum absolute atomic E-state index is 12.9. The average molecular weight is 393 g/mol. The number of rotatable bonds is 6. The van der Waals surface area contributed by atoms with Gasteiger partial charge in [0.05, 0.1) is 41.5 Å². The summed E-state index contributed by atoms with van der Waals surface area (Å²) in [5, 5.41) is 9.92. The molecule has 0 saturated carbocycles. The van der Waals surface area contributed by atoms with Crippen LogP contribution < -0.4 is 5.56 Å². The Kier molecular flexibility index (Phi) is 6.61. The molecule has 1 aromatic carbocycles. The number of hydrogen-bond donors (Lipinski definition) is 1. The van der Waals surface area contributed by atoms with Crippen molar-refractivity contribution in [3.8, 4) is 0 Å². The van der Waals surface area contributed by atoms with Gasteiger partial charge in [-0.25, -0.2) is 9.78 Å². The highest BCUT2D eigenvalue weighted by Crippen LogP contribution is 2.24. The Morgan fingerprint density at radius 1 is 1.33 bits per heavy atom. The van der Waals surface area contributed by atoms with E-state index in [0.29, 0.717) is 16.1 Å². The number of amides is 1. The lowest BCUT2D eigenvalue weighted by Crippen LogP contribution is -2.32. The van der Waals surface area contributed by atoms with Gasteiger partial charge in [0.1, 0.15) is 0 Å². The van der Waals surface area contributed by atoms with Gasteiger partial charge in [-0.15, -0.1) is 0 Å². The lowest BCUT2D eigenvalue weighted by molar-refractivity contribution is -0.127. The molecule has 0 aliphatic heterocycles. The third kappa shape index (κ3) is 4.67. The van der Waals surface area contributed by atoms with E-state index in [4.69, 9.17) is 4.74 Å². The van der Waals surface area contributed by atoms with Crippen LogP contribution in [0, 0.1) is 0 Å². The second kappa shape index (κ2) is 8.53. The number of hydrogen-bond acceptors (Lipinski definition) is 7. The van der Waals surface area contributed by atoms with Crippen LogP contribution in [-0.2, 0) is 16.1 Å². The van der Waals surface area contributed by atoms with Crippen molar-refractivity contribution < 1.29 is 19.4 Å². The van der Waals surface area contributed by atoms with Crippen LogP contribution in [0.5, 0.6) is 0 Å². The maximum atomic E-state index is 12.9. The first-order chi connectivity index (χ1) is 12.6. The summed E-state index contributed by atoms with van der Waals surface area (Å²) in [6.07, 6.45) is -0.768. The zero-order chi connectivity index (χ0) is 20.3. The minimum absolute atomic E-state index is 0.0474. The molecule has 0 radical (unpaired) electrons. The number of aliphatic hydroxyl groups is 1. The van der Waals surface area contributed by atoms with Crippen LogP contribution in [0.2, 0.25) is 0 Å². The van der Waals surface area contributed by atoms with E-state index in [1.165, 1.54) is 34.8 Å². The number of carbonyl (C=O) groups is 2. The zero-order valence-electron chi connectivity index (χ0n) is 15.9. The number of ether oxygens (including phenoxy) is 1. The van der Waals surface area contributed by atoms with Crippen molar-refractivity contribution in [3.05, 3.63) is 34.1 Å². The second-order valence-corrected chi connectivity index (χ2v) is 7.68. The highest BCUT2D eigenvalue weighted by Gasteiger charge is 2.21. The molecular weight excluding hydrogens is 370 g/mol. The molecule has 0 spiro atoms. The van der Waals surface area contributed by atoms with Crippen LogP contribution in [0.1, 0.15) is 24.2 Å². The maximum Gasteiger partial charge on any atom is 0.337 e. The Hall–Kier alpha value is -2.39. The predicted octanol–water partition coefficient (Wildman–Crippen LogP) is 1.13. The minimum Gasteiger partial charge on any atom is -0.465 e. The number of carbonyl (C=O) groups excluding carboxylic acids is 2. The van der Waals surface area contributed by atoms with Crippen LogP contribution in [0.25, 0.3) is 10.9 Å². The van der Waals surface area contributed by atoms with Crippen molar-refractivity contribution in [2.75, 3.05) is 21.2 Å². The van der Waals surface area contributed by atoms with E-state index in [-0.39, 0.29) is 23.6 Å². The van der Waals surface area contributed by atoms with E-state index >= 15 is 0 Å². The van der Waals surface area contributed by atoms with E-state index in [2.05, 4.69) is 4.98 Å². The molecule has 8 nitrogen and oxygen atoms in total. The van der Waals surface area contributed by atoms with Gasteiger partial charge in [0.15, 0.2) is 5.16 Å². The van der Waals surface area contributed by atoms with Crippen molar-refractivity contribution in [2.24, 2.45) is 0 Å². The van der Waals surface area contributed by atoms with E-state index in [9.17, 15) is 19.5 Å². The summed E-state index contributed by atoms with van der Waals surface area (Å²) in [5.74, 6) is -0.654. The molecule has 1 aromatic heterocycles. The topological polar surface area (TPSA) is 102 Å². The molecule has 146 valence electrons. The van der Waals surface area contributed by atoms with E-state index < -0.39 is 17.3 Å². The molecule has 2 atom stereocenters. The number of benzene rings is 1. The molecule has 1 amide bonds. The van der Waals surface area contributed by atoms with Gasteiger partial charge in [-0.05, 0) is 32.0 Å². The molecule has 0 unspecified atom stereocenters. The molecule has 1 N–H and O–H groups in total. The Bertz CT molecular complexity index is 923. The quantitative estimate of drug-likeness (QED) is 0.446. The highest BCUT2D eigenvalue weighted by molar-refractivity contribution is 8.00. The SMILES string of the molecule is COC(=O)c1ccc2c(=O)n(C[C@@H](C)O)c(S[C@H](C)C(=O)N(C)C)nc2c1. The first-order valence-electron chi connectivity index (χ1n) is 8.34. The molecule has 0 aliphatic rings. The summed E-state index contributed by atoms with van der Waals surface area (Å²) in [6, 6.07) is 4.49. The molecule has 0 fully saturated rings. The zero-order valence-corrected chi connectivity index (χ0v) is 16.7. The molecule has 2 aromatic rings. The van der Waals surface area contributed by atoms with Gasteiger partial charge >= 0.3 is 5.97 Å². The van der Waals surface area contributed by atoms with Crippen LogP contribution in [-0.4, -0.2) is 64.0 Å². The van der Waals surface area contributed by atoms with Gasteiger partial charge in [-0.2, -0.15) is 0 Å². The predicted molar refractivity (Wildman–Crippen MR) is 103 cm³/mol. The first-order valence-corrected chi connectivity index (χ1v) is 9.22. The van der Waals surface area contributed by atoms with Crippen molar-refractivity contribution in [3.63, 3.8) is 0 Å². The summed E-state index contributed by atoms with van der Waals surface area (Å²) in [7, 11) is 4.58. The van der Waals surface area contributed by atoms with Crippen LogP contribution in [0.3, 0.4) is 0 Å². The van der Waals surface area contributed by atoms with Crippen molar-refractivity contribution in [2.45, 2.75) is 36.9 Å². The largest absolute Gasteiger partial charge is 0.465 e. The van der Waals surface area contributed by atoms with Crippen LogP contribution >= 0.6 is 11.8 Å². The van der Waals surface area contributed by atoms with Crippen LogP contribution in [0.4, 0.5) is 0 Å². The molecule has 1 heterocycles. The van der Waals surface area contributed by atoms with Gasteiger partial charge < -0.3 is 14.7 Å². The fourth-order valence-electron chi connectivity index (χ4n) is 2.53. The van der Waals surface area contributed by atoms with Gasteiger partial charge in [0, 0.05) is 14.1 Å². The van der Waals surface area contributed by atoms with E-state index in [1.807, 2.05) is 0 Å². The number of nitrogens with zero attached hydrogens (tertiary/aromatic N) is 3. The minimum atomic E-state index is -0.768. The third-order valence-electron chi connectivity index (χ3n) is 3.86. The second-order valence-electron chi connectivity index (χ2n) is 6.38. The fraction of sp³-hybridized carbons (Fsp3) is 0.444. The van der Waals surface area contributed by atoms with Crippen molar-refractivity contribution in [1.82, 2.24) is 14.5 Å². The number of aromatic nitrogens is 2. The van der Waals surface area contributed by atoms with Crippen molar-refractivity contribution in [1.29, 1.82) is 0 Å². The molecule has 27 heavy (non-hydrogen) atoms. The number of thioether (sulfide) groups is 1. The number of methoxy groups -OCH3 is 1. The van der Waals surface area contributed by atoms with E-state index in [1.54, 1.807) is 27.9 Å². The smallest absolute Gasteiger partial charge is 0.337 e. The molecular formula is C18H23N3O5S. The van der Waals surface area contributed by atoms with Gasteiger partial charge in [-0.1, -0.05) is 11.8 Å². The third-order valence-corrected chi connectivity index (χ3v) is 4.94. The summed E-state index contributed by atoms with van der Waals surface area (Å²) in [4.78, 5) is 42.8. The summed E-state index contributed by atoms with van der Waals surface area (Å²) in [6.45, 7) is 3.34. The Labute approximate surface area is 161 Å². The monoisotopic (exact) mass is 393 g/mol. The molecule has 0 saturated heterocycles. The Balaban J connectivity index is 2.61. The summed E-state index contributed by atoms with van der Waals surface area (Å²) < 4.78 is 6.06. The summed E-state index contributed by atoms with van der Waals surface area (Å²) in [5.41, 5.74) is 0.264. The van der Waals surface area contributed by atoms with Crippen LogP contribution in [0.15, 0.2) is 28.2 Å². The van der Waals surface area contributed by atoms with Gasteiger partial charge in [0.25, 0.3) is 5.56 Å². The Morgan fingerprint density at radius 2 is 2.00 bits per heavy atom. The highest BCUT2D eigenvalue weighted by atomic mass is 32.2. The molecule has 0 aliphatic carbocycles. The molecule has 2 rings (SSSR count). The van der Waals surface area contributed by atoms with E-state index in [0.717, 1.165) is 11.8 Å². The fourth-order valence-corrected chi connectivity index (χ4v) is 3.60. The average Bonchev–Trinajstić information content (AvgIpc) is 2.62. The lowest BCUT2D eigenvalue weighted by atomic mass is 10.1. The van der Waals surface area contributed by atoms with Gasteiger partial charge in [0.2, 0.25) is 5.91 Å². The first kappa shape index (κ1) is 20.9. The Morgan fingerprint density at radius 3 is 2.56 bits per heavy atom.